The number of thiazole rings is 1. The van der Waals surface area contributed by atoms with Gasteiger partial charge in [0.25, 0.3) is 0 Å². The standard InChI is InChI=1S/C9H14N2OS/c1-7-3-9(12,5-11(7)2)8-4-10-6-13-8/h4,6-7,12H,3,5H2,1-2H3. The van der Waals surface area contributed by atoms with Crippen molar-refractivity contribution in [1.29, 1.82) is 0 Å². The van der Waals surface area contributed by atoms with Crippen LogP contribution in [0, 0.1) is 0 Å². The molecule has 0 spiro atoms. The third-order valence-electron chi connectivity index (χ3n) is 2.79. The van der Waals surface area contributed by atoms with E-state index < -0.39 is 5.60 Å². The van der Waals surface area contributed by atoms with Gasteiger partial charge in [-0.1, -0.05) is 0 Å². The molecule has 3 nitrogen and oxygen atoms in total. The van der Waals surface area contributed by atoms with Crippen LogP contribution in [-0.2, 0) is 5.60 Å². The number of nitrogens with zero attached hydrogens (tertiary/aromatic N) is 2. The number of β-amino-alcohol motifs (C(OH)–C–C–N with tert-alkyl or cyclic N) is 1. The smallest absolute Gasteiger partial charge is 0.114 e. The van der Waals surface area contributed by atoms with E-state index in [9.17, 15) is 5.11 Å². The largest absolute Gasteiger partial charge is 0.383 e. The molecular weight excluding hydrogens is 184 g/mol. The summed E-state index contributed by atoms with van der Waals surface area (Å²) in [4.78, 5) is 7.17. The van der Waals surface area contributed by atoms with Crippen LogP contribution in [0.5, 0.6) is 0 Å². The average molecular weight is 198 g/mol. The van der Waals surface area contributed by atoms with E-state index in [0.717, 1.165) is 17.8 Å². The highest BCUT2D eigenvalue weighted by Crippen LogP contribution is 2.36. The molecule has 1 fully saturated rings. The Morgan fingerprint density at radius 3 is 3.00 bits per heavy atom. The van der Waals surface area contributed by atoms with Crippen molar-refractivity contribution in [3.05, 3.63) is 16.6 Å². The Balaban J connectivity index is 2.24. The Morgan fingerprint density at radius 2 is 2.54 bits per heavy atom. The summed E-state index contributed by atoms with van der Waals surface area (Å²) < 4.78 is 0. The normalized spacial score (nSPS) is 35.5. The van der Waals surface area contributed by atoms with Crippen LogP contribution in [0.3, 0.4) is 0 Å². The van der Waals surface area contributed by atoms with Gasteiger partial charge in [0.15, 0.2) is 0 Å². The molecular formula is C9H14N2OS. The molecule has 2 atom stereocenters. The first-order valence-electron chi connectivity index (χ1n) is 4.43. The summed E-state index contributed by atoms with van der Waals surface area (Å²) in [5, 5.41) is 10.3. The Hall–Kier alpha value is -0.450. The second-order valence-corrected chi connectivity index (χ2v) is 4.75. The number of aromatic nitrogens is 1. The van der Waals surface area contributed by atoms with Crippen LogP contribution in [0.2, 0.25) is 0 Å². The van der Waals surface area contributed by atoms with Crippen LogP contribution >= 0.6 is 11.3 Å². The lowest BCUT2D eigenvalue weighted by molar-refractivity contribution is 0.0521. The summed E-state index contributed by atoms with van der Waals surface area (Å²) in [7, 11) is 2.05. The topological polar surface area (TPSA) is 36.4 Å². The monoisotopic (exact) mass is 198 g/mol. The molecule has 0 saturated carbocycles. The predicted octanol–water partition coefficient (Wildman–Crippen LogP) is 1.05. The van der Waals surface area contributed by atoms with Gasteiger partial charge in [-0.05, 0) is 20.4 Å². The SMILES string of the molecule is CC1CC(O)(c2cncs2)CN1C. The van der Waals surface area contributed by atoms with Crippen LogP contribution in [0.15, 0.2) is 11.7 Å². The molecule has 1 aromatic heterocycles. The van der Waals surface area contributed by atoms with Gasteiger partial charge in [-0.15, -0.1) is 11.3 Å². The summed E-state index contributed by atoms with van der Waals surface area (Å²) >= 11 is 1.54. The first kappa shape index (κ1) is 9.12. The van der Waals surface area contributed by atoms with Crippen molar-refractivity contribution in [2.24, 2.45) is 0 Å². The molecule has 0 bridgehead atoms. The summed E-state index contributed by atoms with van der Waals surface area (Å²) in [6.45, 7) is 2.86. The molecule has 0 amide bonds. The average Bonchev–Trinajstić information content (AvgIpc) is 2.61. The maximum absolute atomic E-state index is 10.3. The molecule has 2 unspecified atom stereocenters. The van der Waals surface area contributed by atoms with Crippen LogP contribution < -0.4 is 0 Å². The van der Waals surface area contributed by atoms with Gasteiger partial charge in [0.05, 0.1) is 10.4 Å². The molecule has 0 radical (unpaired) electrons. The van der Waals surface area contributed by atoms with Gasteiger partial charge >= 0.3 is 0 Å². The minimum absolute atomic E-state index is 0.451. The predicted molar refractivity (Wildman–Crippen MR) is 52.7 cm³/mol. The number of hydrogen-bond acceptors (Lipinski definition) is 4. The number of hydrogen-bond donors (Lipinski definition) is 1. The summed E-state index contributed by atoms with van der Waals surface area (Å²) in [6, 6.07) is 0.451. The van der Waals surface area contributed by atoms with Crippen molar-refractivity contribution >= 4 is 11.3 Å². The molecule has 2 rings (SSSR count). The second kappa shape index (κ2) is 3.04. The van der Waals surface area contributed by atoms with Crippen molar-refractivity contribution < 1.29 is 5.11 Å². The first-order valence-corrected chi connectivity index (χ1v) is 5.31. The van der Waals surface area contributed by atoms with Gasteiger partial charge in [-0.25, -0.2) is 0 Å². The van der Waals surface area contributed by atoms with E-state index in [1.165, 1.54) is 11.3 Å². The van der Waals surface area contributed by atoms with Crippen LogP contribution in [0.1, 0.15) is 18.2 Å². The minimum Gasteiger partial charge on any atom is -0.383 e. The highest BCUT2D eigenvalue weighted by Gasteiger charge is 2.41. The zero-order valence-corrected chi connectivity index (χ0v) is 8.71. The Labute approximate surface area is 82.0 Å². The molecule has 72 valence electrons. The van der Waals surface area contributed by atoms with Crippen molar-refractivity contribution in [2.75, 3.05) is 13.6 Å². The van der Waals surface area contributed by atoms with E-state index in [0.29, 0.717) is 6.04 Å². The quantitative estimate of drug-likeness (QED) is 0.733. The number of rotatable bonds is 1. The molecule has 0 aliphatic carbocycles. The molecule has 1 saturated heterocycles. The fourth-order valence-electron chi connectivity index (χ4n) is 1.90. The Bertz CT molecular complexity index is 276. The fourth-order valence-corrected chi connectivity index (χ4v) is 2.63. The maximum Gasteiger partial charge on any atom is 0.114 e. The summed E-state index contributed by atoms with van der Waals surface area (Å²) in [6.07, 6.45) is 2.59. The van der Waals surface area contributed by atoms with E-state index in [2.05, 4.69) is 16.8 Å². The summed E-state index contributed by atoms with van der Waals surface area (Å²) in [5.41, 5.74) is 1.12. The van der Waals surface area contributed by atoms with Gasteiger partial charge in [-0.2, -0.15) is 0 Å². The molecule has 1 aliphatic heterocycles. The third kappa shape index (κ3) is 1.49. The first-order chi connectivity index (χ1) is 6.12. The molecule has 1 aromatic rings. The highest BCUT2D eigenvalue weighted by molar-refractivity contribution is 7.09. The van der Waals surface area contributed by atoms with Gasteiger partial charge in [0.1, 0.15) is 5.60 Å². The van der Waals surface area contributed by atoms with Gasteiger partial charge in [-0.3, -0.25) is 4.98 Å². The molecule has 2 heterocycles. The van der Waals surface area contributed by atoms with Crippen LogP contribution in [0.4, 0.5) is 0 Å². The zero-order valence-electron chi connectivity index (χ0n) is 7.90. The van der Waals surface area contributed by atoms with Crippen molar-refractivity contribution in [2.45, 2.75) is 25.0 Å². The number of likely N-dealkylation sites (N-methyl/N-ethyl adjacent to an activating group) is 1. The van der Waals surface area contributed by atoms with Crippen molar-refractivity contribution in [3.63, 3.8) is 0 Å². The van der Waals surface area contributed by atoms with Gasteiger partial charge < -0.3 is 10.0 Å². The van der Waals surface area contributed by atoms with Crippen LogP contribution in [-0.4, -0.2) is 34.6 Å². The molecule has 4 heteroatoms. The second-order valence-electron chi connectivity index (χ2n) is 3.87. The van der Waals surface area contributed by atoms with E-state index in [4.69, 9.17) is 0 Å². The lowest BCUT2D eigenvalue weighted by Crippen LogP contribution is -2.28. The van der Waals surface area contributed by atoms with Crippen molar-refractivity contribution in [3.8, 4) is 0 Å². The lowest BCUT2D eigenvalue weighted by atomic mass is 10.00. The fraction of sp³-hybridized carbons (Fsp3) is 0.667. The molecule has 1 aliphatic rings. The lowest BCUT2D eigenvalue weighted by Gasteiger charge is -2.19. The number of likely N-dealkylation sites (tertiary alicyclic amines) is 1. The van der Waals surface area contributed by atoms with E-state index in [1.54, 1.807) is 11.7 Å². The van der Waals surface area contributed by atoms with Crippen LogP contribution in [0.25, 0.3) is 0 Å². The van der Waals surface area contributed by atoms with E-state index in [1.807, 2.05) is 7.05 Å². The van der Waals surface area contributed by atoms with E-state index in [-0.39, 0.29) is 0 Å². The van der Waals surface area contributed by atoms with Gasteiger partial charge in [0.2, 0.25) is 0 Å². The Kier molecular flexibility index (Phi) is 2.14. The Morgan fingerprint density at radius 1 is 1.77 bits per heavy atom. The molecule has 0 aromatic carbocycles. The third-order valence-corrected chi connectivity index (χ3v) is 3.75. The molecule has 1 N–H and O–H groups in total. The number of aliphatic hydroxyl groups is 1. The minimum atomic E-state index is -0.657. The van der Waals surface area contributed by atoms with Gasteiger partial charge in [0, 0.05) is 18.8 Å². The zero-order chi connectivity index (χ0) is 9.47. The highest BCUT2D eigenvalue weighted by atomic mass is 32.1. The summed E-state index contributed by atoms with van der Waals surface area (Å²) in [5.74, 6) is 0. The van der Waals surface area contributed by atoms with E-state index >= 15 is 0 Å². The molecule has 13 heavy (non-hydrogen) atoms. The maximum atomic E-state index is 10.3. The van der Waals surface area contributed by atoms with Crippen molar-refractivity contribution in [1.82, 2.24) is 9.88 Å².